The fraction of sp³-hybridized carbons (Fsp3) is 0.643. The number of hydrogen-bond acceptors (Lipinski definition) is 6. The third kappa shape index (κ3) is 4.91. The highest BCUT2D eigenvalue weighted by Gasteiger charge is 2.25. The molecule has 3 N–H and O–H groups in total. The first-order chi connectivity index (χ1) is 10.2. The van der Waals surface area contributed by atoms with Crippen LogP contribution in [0.3, 0.4) is 0 Å². The number of nitrogen functional groups attached to an aromatic ring is 1. The summed E-state index contributed by atoms with van der Waals surface area (Å²) in [4.78, 5) is 21.8. The van der Waals surface area contributed by atoms with Crippen LogP contribution in [0.5, 0.6) is 0 Å². The number of nitrogens with two attached hydrogens (primary N) is 1. The number of carbonyl (C=O) groups excluding carboxylic acids is 1. The van der Waals surface area contributed by atoms with Crippen molar-refractivity contribution in [1.29, 1.82) is 0 Å². The zero-order valence-electron chi connectivity index (χ0n) is 13.1. The number of hydrogen-bond donors (Lipinski definition) is 2. The molecule has 1 aromatic heterocycles. The van der Waals surface area contributed by atoms with Crippen molar-refractivity contribution in [1.82, 2.24) is 15.3 Å². The van der Waals surface area contributed by atoms with Crippen LogP contribution < -0.4 is 16.0 Å². The average Bonchev–Trinajstić information content (AvgIpc) is 2.82. The molecule has 1 aliphatic heterocycles. The van der Waals surface area contributed by atoms with Gasteiger partial charge in [-0.25, -0.2) is 9.78 Å². The van der Waals surface area contributed by atoms with Gasteiger partial charge in [0.25, 0.3) is 0 Å². The molecule has 1 saturated heterocycles. The first-order valence-electron chi connectivity index (χ1n) is 7.25. The maximum absolute atomic E-state index is 11.7. The molecule has 0 bridgehead atoms. The number of aromatic nitrogens is 2. The summed E-state index contributed by atoms with van der Waals surface area (Å²) in [5, 5.41) is 3.14. The molecule has 2 heterocycles. The molecule has 1 aromatic rings. The fourth-order valence-electron chi connectivity index (χ4n) is 2.33. The van der Waals surface area contributed by atoms with E-state index in [1.54, 1.807) is 6.07 Å². The summed E-state index contributed by atoms with van der Waals surface area (Å²) >= 11 is 5.90. The summed E-state index contributed by atoms with van der Waals surface area (Å²) in [5.74, 6) is 1.22. The van der Waals surface area contributed by atoms with Crippen molar-refractivity contribution < 1.29 is 9.53 Å². The largest absolute Gasteiger partial charge is 0.444 e. The SMILES string of the molecule is CC(C)(C)OC(=O)NCC1CCN(c2cc(Cl)nc(N)n2)C1. The van der Waals surface area contributed by atoms with E-state index in [0.717, 1.165) is 25.3 Å². The highest BCUT2D eigenvalue weighted by Crippen LogP contribution is 2.24. The molecule has 1 aliphatic rings. The highest BCUT2D eigenvalue weighted by molar-refractivity contribution is 6.29. The lowest BCUT2D eigenvalue weighted by Crippen LogP contribution is -2.36. The van der Waals surface area contributed by atoms with Crippen molar-refractivity contribution in [3.05, 3.63) is 11.2 Å². The molecule has 0 aromatic carbocycles. The Hall–Kier alpha value is -1.76. The van der Waals surface area contributed by atoms with Crippen LogP contribution in [-0.2, 0) is 4.74 Å². The molecule has 2 rings (SSSR count). The predicted octanol–water partition coefficient (Wildman–Crippen LogP) is 2.06. The van der Waals surface area contributed by atoms with Gasteiger partial charge in [-0.15, -0.1) is 0 Å². The summed E-state index contributed by atoms with van der Waals surface area (Å²) in [5.41, 5.74) is 5.13. The summed E-state index contributed by atoms with van der Waals surface area (Å²) in [6.45, 7) is 7.71. The van der Waals surface area contributed by atoms with E-state index in [9.17, 15) is 4.79 Å². The Kier molecular flexibility index (Phi) is 4.95. The minimum absolute atomic E-state index is 0.165. The molecule has 0 saturated carbocycles. The van der Waals surface area contributed by atoms with Crippen LogP contribution in [0.4, 0.5) is 16.6 Å². The van der Waals surface area contributed by atoms with Crippen molar-refractivity contribution in [3.8, 4) is 0 Å². The molecular weight excluding hydrogens is 306 g/mol. The van der Waals surface area contributed by atoms with Crippen molar-refractivity contribution in [2.45, 2.75) is 32.8 Å². The number of nitrogens with one attached hydrogen (secondary N) is 1. The second-order valence-corrected chi connectivity index (χ2v) is 6.78. The van der Waals surface area contributed by atoms with Crippen LogP contribution in [0.1, 0.15) is 27.2 Å². The van der Waals surface area contributed by atoms with Crippen LogP contribution in [0, 0.1) is 5.92 Å². The molecule has 1 fully saturated rings. The van der Waals surface area contributed by atoms with Gasteiger partial charge in [-0.2, -0.15) is 4.98 Å². The van der Waals surface area contributed by atoms with Crippen LogP contribution in [-0.4, -0.2) is 41.3 Å². The van der Waals surface area contributed by atoms with Crippen LogP contribution in [0.2, 0.25) is 5.15 Å². The third-order valence-electron chi connectivity index (χ3n) is 3.24. The van der Waals surface area contributed by atoms with Gasteiger partial charge in [0.2, 0.25) is 5.95 Å². The lowest BCUT2D eigenvalue weighted by Gasteiger charge is -2.21. The van der Waals surface area contributed by atoms with Crippen LogP contribution >= 0.6 is 11.6 Å². The number of halogens is 1. The number of ether oxygens (including phenoxy) is 1. The number of carbonyl (C=O) groups is 1. The van der Waals surface area contributed by atoms with Crippen LogP contribution in [0.15, 0.2) is 6.07 Å². The Balaban J connectivity index is 1.84. The average molecular weight is 328 g/mol. The second kappa shape index (κ2) is 6.56. The van der Waals surface area contributed by atoms with Crippen molar-refractivity contribution in [3.63, 3.8) is 0 Å². The van der Waals surface area contributed by atoms with Gasteiger partial charge in [-0.1, -0.05) is 11.6 Å². The molecule has 0 radical (unpaired) electrons. The molecule has 8 heteroatoms. The zero-order chi connectivity index (χ0) is 16.3. The smallest absolute Gasteiger partial charge is 0.407 e. The maximum atomic E-state index is 11.7. The van der Waals surface area contributed by atoms with E-state index in [1.165, 1.54) is 0 Å². The third-order valence-corrected chi connectivity index (χ3v) is 3.44. The maximum Gasteiger partial charge on any atom is 0.407 e. The molecule has 1 amide bonds. The Morgan fingerprint density at radius 1 is 1.55 bits per heavy atom. The van der Waals surface area contributed by atoms with E-state index in [2.05, 4.69) is 20.2 Å². The summed E-state index contributed by atoms with van der Waals surface area (Å²) < 4.78 is 5.22. The van der Waals surface area contributed by atoms with Crippen molar-refractivity contribution in [2.24, 2.45) is 5.92 Å². The van der Waals surface area contributed by atoms with Gasteiger partial charge in [0.1, 0.15) is 16.6 Å². The first-order valence-corrected chi connectivity index (χ1v) is 7.62. The molecule has 7 nitrogen and oxygen atoms in total. The van der Waals surface area contributed by atoms with E-state index >= 15 is 0 Å². The summed E-state index contributed by atoms with van der Waals surface area (Å²) in [6, 6.07) is 1.70. The lowest BCUT2D eigenvalue weighted by atomic mass is 10.1. The van der Waals surface area contributed by atoms with E-state index < -0.39 is 5.60 Å². The van der Waals surface area contributed by atoms with Gasteiger partial charge in [0.05, 0.1) is 0 Å². The van der Waals surface area contributed by atoms with Crippen LogP contribution in [0.25, 0.3) is 0 Å². The topological polar surface area (TPSA) is 93.4 Å². The van der Waals surface area contributed by atoms with Gasteiger partial charge in [0.15, 0.2) is 0 Å². The molecule has 1 atom stereocenters. The number of nitrogens with zero attached hydrogens (tertiary/aromatic N) is 3. The standard InChI is InChI=1S/C14H22ClN5O2/c1-14(2,3)22-13(21)17-7-9-4-5-20(8-9)11-6-10(15)18-12(16)19-11/h6,9H,4-5,7-8H2,1-3H3,(H,17,21)(H2,16,18,19). The molecule has 22 heavy (non-hydrogen) atoms. The minimum atomic E-state index is -0.485. The monoisotopic (exact) mass is 327 g/mol. The lowest BCUT2D eigenvalue weighted by molar-refractivity contribution is 0.0520. The zero-order valence-corrected chi connectivity index (χ0v) is 13.9. The summed E-state index contributed by atoms with van der Waals surface area (Å²) in [7, 11) is 0. The highest BCUT2D eigenvalue weighted by atomic mass is 35.5. The fourth-order valence-corrected chi connectivity index (χ4v) is 2.52. The van der Waals surface area contributed by atoms with Gasteiger partial charge in [0, 0.05) is 25.7 Å². The molecule has 122 valence electrons. The predicted molar refractivity (Wildman–Crippen MR) is 86.0 cm³/mol. The van der Waals surface area contributed by atoms with E-state index in [1.807, 2.05) is 20.8 Å². The Morgan fingerprint density at radius 3 is 2.91 bits per heavy atom. The van der Waals surface area contributed by atoms with Gasteiger partial charge in [-0.3, -0.25) is 0 Å². The van der Waals surface area contributed by atoms with Gasteiger partial charge in [-0.05, 0) is 33.1 Å². The molecular formula is C14H22ClN5O2. The van der Waals surface area contributed by atoms with E-state index in [-0.39, 0.29) is 12.0 Å². The number of amides is 1. The summed E-state index contributed by atoms with van der Waals surface area (Å²) in [6.07, 6.45) is 0.567. The second-order valence-electron chi connectivity index (χ2n) is 6.39. The molecule has 0 aliphatic carbocycles. The Labute approximate surface area is 135 Å². The minimum Gasteiger partial charge on any atom is -0.444 e. The Bertz CT molecular complexity index is 526. The van der Waals surface area contributed by atoms with Gasteiger partial charge >= 0.3 is 6.09 Å². The Morgan fingerprint density at radius 2 is 2.27 bits per heavy atom. The van der Waals surface area contributed by atoms with E-state index in [0.29, 0.717) is 17.6 Å². The number of rotatable bonds is 3. The van der Waals surface area contributed by atoms with E-state index in [4.69, 9.17) is 22.1 Å². The quantitative estimate of drug-likeness (QED) is 0.825. The number of alkyl carbamates (subject to hydrolysis) is 1. The van der Waals surface area contributed by atoms with Crippen molar-refractivity contribution in [2.75, 3.05) is 30.3 Å². The first kappa shape index (κ1) is 16.6. The number of anilines is 2. The normalized spacial score (nSPS) is 18.4. The van der Waals surface area contributed by atoms with Crippen molar-refractivity contribution >= 4 is 29.5 Å². The van der Waals surface area contributed by atoms with Gasteiger partial charge < -0.3 is 20.7 Å². The molecule has 0 spiro atoms. The molecule has 1 unspecified atom stereocenters.